The molecule has 0 spiro atoms. The fraction of sp³-hybridized carbons (Fsp3) is 0.476. The zero-order valence-corrected chi connectivity index (χ0v) is 19.3. The predicted octanol–water partition coefficient (Wildman–Crippen LogP) is 2.23. The van der Waals surface area contributed by atoms with Crippen LogP contribution in [0.2, 0.25) is 0 Å². The Morgan fingerprint density at radius 2 is 2.09 bits per heavy atom. The first kappa shape index (κ1) is 22.7. The fourth-order valence-corrected chi connectivity index (χ4v) is 5.18. The number of nitrogens with one attached hydrogen (secondary N) is 2. The normalized spacial score (nSPS) is 20.5. The highest BCUT2D eigenvalue weighted by Crippen LogP contribution is 2.28. The van der Waals surface area contributed by atoms with Crippen LogP contribution in [0.15, 0.2) is 28.6 Å². The van der Waals surface area contributed by atoms with Crippen LogP contribution in [0.3, 0.4) is 0 Å². The van der Waals surface area contributed by atoms with E-state index in [2.05, 4.69) is 20.8 Å². The van der Waals surface area contributed by atoms with E-state index in [4.69, 9.17) is 4.74 Å². The van der Waals surface area contributed by atoms with Gasteiger partial charge in [-0.1, -0.05) is 40.8 Å². The first-order valence-electron chi connectivity index (χ1n) is 10.5. The van der Waals surface area contributed by atoms with Crippen molar-refractivity contribution in [2.24, 2.45) is 5.92 Å². The van der Waals surface area contributed by atoms with Gasteiger partial charge in [0.25, 0.3) is 0 Å². The minimum absolute atomic E-state index is 0.0727. The van der Waals surface area contributed by atoms with Crippen molar-refractivity contribution in [3.8, 4) is 0 Å². The van der Waals surface area contributed by atoms with Crippen molar-refractivity contribution in [2.75, 3.05) is 35.7 Å². The van der Waals surface area contributed by atoms with Crippen molar-refractivity contribution in [3.05, 3.63) is 29.8 Å². The molecule has 2 N–H and O–H groups in total. The number of amides is 3. The third kappa shape index (κ3) is 5.84. The van der Waals surface area contributed by atoms with Gasteiger partial charge in [-0.2, -0.15) is 0 Å². The molecule has 0 radical (unpaired) electrons. The van der Waals surface area contributed by atoms with Gasteiger partial charge < -0.3 is 20.3 Å². The van der Waals surface area contributed by atoms with Gasteiger partial charge in [-0.25, -0.2) is 0 Å². The Bertz CT molecular complexity index is 975. The largest absolute Gasteiger partial charge is 0.376 e. The lowest BCUT2D eigenvalue weighted by atomic mass is 10.1. The highest BCUT2D eigenvalue weighted by atomic mass is 32.2. The Hall–Kier alpha value is -2.50. The molecule has 2 saturated heterocycles. The van der Waals surface area contributed by atoms with Crippen LogP contribution in [-0.2, 0) is 19.1 Å². The van der Waals surface area contributed by atoms with Crippen molar-refractivity contribution in [2.45, 2.75) is 36.6 Å². The average Bonchev–Trinajstić information content (AvgIpc) is 3.53. The number of aromatic nitrogens is 2. The van der Waals surface area contributed by atoms with Crippen molar-refractivity contribution in [3.63, 3.8) is 0 Å². The minimum Gasteiger partial charge on any atom is -0.376 e. The molecule has 2 aliphatic rings. The number of aryl methyl sites for hydroxylation is 1. The van der Waals surface area contributed by atoms with Crippen molar-refractivity contribution in [1.29, 1.82) is 0 Å². The molecule has 2 aromatic rings. The van der Waals surface area contributed by atoms with E-state index < -0.39 is 5.92 Å². The molecule has 2 atom stereocenters. The topological polar surface area (TPSA) is 114 Å². The first-order valence-corrected chi connectivity index (χ1v) is 12.3. The van der Waals surface area contributed by atoms with Gasteiger partial charge in [0, 0.05) is 31.8 Å². The Balaban J connectivity index is 1.23. The number of hydrogen-bond acceptors (Lipinski definition) is 8. The smallest absolute Gasteiger partial charge is 0.231 e. The second-order valence-corrected chi connectivity index (χ2v) is 10.0. The average molecular weight is 476 g/mol. The standard InChI is InChI=1S/C21H25N5O4S2/c1-13-4-6-15(7-5-13)26-11-14(9-18(26)28)19(29)23-20-24-25-21(32-20)31-12-17(27)22-10-16-3-2-8-30-16/h4-7,14,16H,2-3,8-12H2,1H3,(H,22,27)(H,23,24,29)/t14-,16-/m0/s1. The molecule has 2 aliphatic heterocycles. The maximum atomic E-state index is 12.6. The summed E-state index contributed by atoms with van der Waals surface area (Å²) in [6.07, 6.45) is 2.28. The molecule has 2 fully saturated rings. The zero-order valence-electron chi connectivity index (χ0n) is 17.7. The van der Waals surface area contributed by atoms with Gasteiger partial charge in [-0.05, 0) is 31.9 Å². The molecule has 0 unspecified atom stereocenters. The third-order valence-corrected chi connectivity index (χ3v) is 7.33. The van der Waals surface area contributed by atoms with Crippen LogP contribution < -0.4 is 15.5 Å². The van der Waals surface area contributed by atoms with Crippen molar-refractivity contribution in [1.82, 2.24) is 15.5 Å². The minimum atomic E-state index is -0.451. The molecule has 0 saturated carbocycles. The zero-order chi connectivity index (χ0) is 22.5. The molecule has 3 heterocycles. The van der Waals surface area contributed by atoms with Crippen LogP contribution in [0.5, 0.6) is 0 Å². The second-order valence-electron chi connectivity index (χ2n) is 7.83. The van der Waals surface area contributed by atoms with E-state index in [0.717, 1.165) is 30.7 Å². The molecular weight excluding hydrogens is 450 g/mol. The summed E-state index contributed by atoms with van der Waals surface area (Å²) in [7, 11) is 0. The molecule has 1 aromatic heterocycles. The number of thioether (sulfide) groups is 1. The predicted molar refractivity (Wildman–Crippen MR) is 123 cm³/mol. The lowest BCUT2D eigenvalue weighted by Gasteiger charge is -2.16. The van der Waals surface area contributed by atoms with Crippen LogP contribution in [0, 0.1) is 12.8 Å². The highest BCUT2D eigenvalue weighted by Gasteiger charge is 2.35. The number of rotatable bonds is 8. The number of nitrogens with zero attached hydrogens (tertiary/aromatic N) is 3. The quantitative estimate of drug-likeness (QED) is 0.445. The maximum absolute atomic E-state index is 12.6. The summed E-state index contributed by atoms with van der Waals surface area (Å²) in [4.78, 5) is 38.7. The number of benzene rings is 1. The number of carbonyl (C=O) groups is 3. The fourth-order valence-electron chi connectivity index (χ4n) is 3.59. The summed E-state index contributed by atoms with van der Waals surface area (Å²) in [5.74, 6) is -0.649. The molecular formula is C21H25N5O4S2. The number of anilines is 2. The van der Waals surface area contributed by atoms with Crippen LogP contribution in [0.4, 0.5) is 10.8 Å². The van der Waals surface area contributed by atoms with Crippen LogP contribution in [-0.4, -0.2) is 59.5 Å². The van der Waals surface area contributed by atoms with E-state index in [0.29, 0.717) is 22.6 Å². The van der Waals surface area contributed by atoms with E-state index in [1.807, 2.05) is 31.2 Å². The molecule has 9 nitrogen and oxygen atoms in total. The Kier molecular flexibility index (Phi) is 7.38. The summed E-state index contributed by atoms with van der Waals surface area (Å²) in [5.41, 5.74) is 1.91. The Morgan fingerprint density at radius 1 is 1.28 bits per heavy atom. The lowest BCUT2D eigenvalue weighted by Crippen LogP contribution is -2.32. The van der Waals surface area contributed by atoms with Crippen LogP contribution >= 0.6 is 23.1 Å². The monoisotopic (exact) mass is 475 g/mol. The van der Waals surface area contributed by atoms with E-state index in [-0.39, 0.29) is 36.0 Å². The van der Waals surface area contributed by atoms with E-state index >= 15 is 0 Å². The van der Waals surface area contributed by atoms with Gasteiger partial charge in [0.1, 0.15) is 0 Å². The molecule has 11 heteroatoms. The Labute approximate surface area is 194 Å². The summed E-state index contributed by atoms with van der Waals surface area (Å²) in [5, 5.41) is 14.0. The van der Waals surface area contributed by atoms with Gasteiger partial charge in [-0.3, -0.25) is 14.4 Å². The summed E-state index contributed by atoms with van der Waals surface area (Å²) >= 11 is 2.48. The van der Waals surface area contributed by atoms with Gasteiger partial charge in [0.2, 0.25) is 22.9 Å². The molecule has 32 heavy (non-hydrogen) atoms. The SMILES string of the molecule is Cc1ccc(N2C[C@@H](C(=O)Nc3nnc(SCC(=O)NC[C@@H]4CCCO4)s3)CC2=O)cc1. The molecule has 4 rings (SSSR count). The van der Waals surface area contributed by atoms with Gasteiger partial charge >= 0.3 is 0 Å². The molecule has 170 valence electrons. The third-order valence-electron chi connectivity index (χ3n) is 5.36. The summed E-state index contributed by atoms with van der Waals surface area (Å²) < 4.78 is 6.08. The first-order chi connectivity index (χ1) is 15.5. The summed E-state index contributed by atoms with van der Waals surface area (Å²) in [6, 6.07) is 7.66. The van der Waals surface area contributed by atoms with Crippen LogP contribution in [0.1, 0.15) is 24.8 Å². The Morgan fingerprint density at radius 3 is 2.84 bits per heavy atom. The number of ether oxygens (including phenoxy) is 1. The molecule has 3 amide bonds. The summed E-state index contributed by atoms with van der Waals surface area (Å²) in [6.45, 7) is 3.60. The van der Waals surface area contributed by atoms with Gasteiger partial charge in [-0.15, -0.1) is 10.2 Å². The number of hydrogen-bond donors (Lipinski definition) is 2. The van der Waals surface area contributed by atoms with Gasteiger partial charge in [0.15, 0.2) is 4.34 Å². The van der Waals surface area contributed by atoms with Crippen LogP contribution in [0.25, 0.3) is 0 Å². The maximum Gasteiger partial charge on any atom is 0.231 e. The van der Waals surface area contributed by atoms with E-state index in [9.17, 15) is 14.4 Å². The molecule has 0 bridgehead atoms. The van der Waals surface area contributed by atoms with E-state index in [1.165, 1.54) is 23.1 Å². The lowest BCUT2D eigenvalue weighted by molar-refractivity contribution is -0.122. The van der Waals surface area contributed by atoms with E-state index in [1.54, 1.807) is 4.90 Å². The number of carbonyl (C=O) groups excluding carboxylic acids is 3. The highest BCUT2D eigenvalue weighted by molar-refractivity contribution is 8.01. The van der Waals surface area contributed by atoms with Crippen molar-refractivity contribution < 1.29 is 19.1 Å². The molecule has 0 aliphatic carbocycles. The van der Waals surface area contributed by atoms with Gasteiger partial charge in [0.05, 0.1) is 17.8 Å². The second kappa shape index (κ2) is 10.4. The molecule has 1 aromatic carbocycles. The van der Waals surface area contributed by atoms with Crippen molar-refractivity contribution >= 4 is 51.6 Å².